The minimum absolute atomic E-state index is 0.742. The summed E-state index contributed by atoms with van der Waals surface area (Å²) < 4.78 is 11.7. The molecule has 30 heavy (non-hydrogen) atoms. The third-order valence-corrected chi connectivity index (χ3v) is 8.57. The van der Waals surface area contributed by atoms with Gasteiger partial charge in [0, 0.05) is 13.2 Å². The monoisotopic (exact) mass is 440 g/mol. The summed E-state index contributed by atoms with van der Waals surface area (Å²) in [7, 11) is -2.04. The van der Waals surface area contributed by atoms with Crippen LogP contribution in [0, 0.1) is 0 Å². The van der Waals surface area contributed by atoms with Crippen LogP contribution in [0.1, 0.15) is 143 Å². The molecule has 0 aromatic heterocycles. The van der Waals surface area contributed by atoms with Gasteiger partial charge < -0.3 is 8.85 Å². The molecule has 0 atom stereocenters. The topological polar surface area (TPSA) is 18.5 Å². The first kappa shape index (κ1) is 29.9. The van der Waals surface area contributed by atoms with E-state index in [0.717, 1.165) is 13.2 Å². The lowest BCUT2D eigenvalue weighted by atomic mass is 10.0. The molecule has 0 bridgehead atoms. The summed E-state index contributed by atoms with van der Waals surface area (Å²) in [6.45, 7) is 10.0. The molecule has 0 heterocycles. The fourth-order valence-electron chi connectivity index (χ4n) is 4.17. The Hall–Kier alpha value is -0.123. The quantitative estimate of drug-likeness (QED) is 0.110. The van der Waals surface area contributed by atoms with Crippen LogP contribution < -0.4 is 0 Å². The maximum Gasteiger partial charge on any atom is 0.361 e. The second-order valence-electron chi connectivity index (χ2n) is 9.08. The third kappa shape index (κ3) is 21.1. The molecular formula is C27H56O2Si. The van der Waals surface area contributed by atoms with Crippen molar-refractivity contribution in [3.8, 4) is 0 Å². The average molecular weight is 441 g/mol. The molecule has 0 aromatic rings. The lowest BCUT2D eigenvalue weighted by Gasteiger charge is -2.22. The van der Waals surface area contributed by atoms with Crippen LogP contribution in [0.25, 0.3) is 0 Å². The van der Waals surface area contributed by atoms with Gasteiger partial charge >= 0.3 is 8.56 Å². The fraction of sp³-hybridized carbons (Fsp3) is 0.926. The summed E-state index contributed by atoms with van der Waals surface area (Å²) in [5, 5.41) is 0. The summed E-state index contributed by atoms with van der Waals surface area (Å²) in [5.41, 5.74) is 2.23. The molecule has 0 fully saturated rings. The lowest BCUT2D eigenvalue weighted by Crippen LogP contribution is -2.36. The van der Waals surface area contributed by atoms with Gasteiger partial charge in [-0.1, -0.05) is 122 Å². The Bertz CT molecular complexity index is 351. The van der Waals surface area contributed by atoms with Gasteiger partial charge in [0.1, 0.15) is 0 Å². The third-order valence-electron chi connectivity index (χ3n) is 6.01. The predicted octanol–water partition coefficient (Wildman–Crippen LogP) is 9.66. The minimum Gasteiger partial charge on any atom is -0.392 e. The molecule has 0 aliphatic carbocycles. The zero-order valence-corrected chi connectivity index (χ0v) is 22.3. The van der Waals surface area contributed by atoms with E-state index in [1.54, 1.807) is 0 Å². The summed E-state index contributed by atoms with van der Waals surface area (Å²) in [6, 6.07) is 0. The summed E-state index contributed by atoms with van der Waals surface area (Å²) in [6.07, 6.45) is 29.3. The Labute approximate surface area is 191 Å². The summed E-state index contributed by atoms with van der Waals surface area (Å²) in [4.78, 5) is 0. The molecule has 0 radical (unpaired) electrons. The number of allylic oxidation sites excluding steroid dienone is 1. The van der Waals surface area contributed by atoms with Crippen LogP contribution in [0.5, 0.6) is 0 Å². The zero-order chi connectivity index (χ0) is 22.2. The first-order valence-electron chi connectivity index (χ1n) is 13.6. The van der Waals surface area contributed by atoms with Gasteiger partial charge in [0.2, 0.25) is 0 Å². The fourth-order valence-corrected chi connectivity index (χ4v) is 6.19. The molecule has 0 amide bonds. The number of unbranched alkanes of at least 4 members (excludes halogenated alkanes) is 18. The van der Waals surface area contributed by atoms with Gasteiger partial charge in [0.25, 0.3) is 0 Å². The second-order valence-corrected chi connectivity index (χ2v) is 12.0. The number of hydrogen-bond donors (Lipinski definition) is 0. The van der Waals surface area contributed by atoms with Crippen LogP contribution >= 0.6 is 0 Å². The number of hydrogen-bond acceptors (Lipinski definition) is 2. The molecule has 0 rings (SSSR count). The van der Waals surface area contributed by atoms with Crippen LogP contribution in [0.3, 0.4) is 0 Å². The molecule has 2 nitrogen and oxygen atoms in total. The summed E-state index contributed by atoms with van der Waals surface area (Å²) >= 11 is 0. The van der Waals surface area contributed by atoms with Gasteiger partial charge in [-0.2, -0.15) is 0 Å². The smallest absolute Gasteiger partial charge is 0.361 e. The van der Waals surface area contributed by atoms with Gasteiger partial charge in [-0.25, -0.2) is 0 Å². The van der Waals surface area contributed by atoms with E-state index in [1.165, 1.54) is 122 Å². The van der Waals surface area contributed by atoms with E-state index in [4.69, 9.17) is 8.85 Å². The normalized spacial score (nSPS) is 12.3. The van der Waals surface area contributed by atoms with Crippen molar-refractivity contribution < 1.29 is 8.85 Å². The number of rotatable bonds is 24. The Morgan fingerprint density at radius 2 is 0.833 bits per heavy atom. The van der Waals surface area contributed by atoms with E-state index >= 15 is 0 Å². The van der Waals surface area contributed by atoms with Crippen molar-refractivity contribution in [3.63, 3.8) is 0 Å². The molecule has 3 heteroatoms. The lowest BCUT2D eigenvalue weighted by molar-refractivity contribution is 0.201. The SMILES string of the molecule is CCCCCCCCCCCCCCCCCCCCC=C[Si](C)(OCC)OCC. The van der Waals surface area contributed by atoms with Crippen molar-refractivity contribution in [2.45, 2.75) is 149 Å². The summed E-state index contributed by atoms with van der Waals surface area (Å²) in [5.74, 6) is 0. The second kappa shape index (κ2) is 23.5. The highest BCUT2D eigenvalue weighted by atomic mass is 28.4. The maximum absolute atomic E-state index is 5.84. The molecule has 0 unspecified atom stereocenters. The van der Waals surface area contributed by atoms with Gasteiger partial charge in [0.05, 0.1) is 0 Å². The highest BCUT2D eigenvalue weighted by molar-refractivity contribution is 6.71. The first-order chi connectivity index (χ1) is 14.7. The minimum atomic E-state index is -2.04. The predicted molar refractivity (Wildman–Crippen MR) is 137 cm³/mol. The van der Waals surface area contributed by atoms with Crippen LogP contribution in [0.2, 0.25) is 6.55 Å². The van der Waals surface area contributed by atoms with Gasteiger partial charge in [-0.05, 0) is 38.9 Å². The van der Waals surface area contributed by atoms with Crippen molar-refractivity contribution in [2.24, 2.45) is 0 Å². The Morgan fingerprint density at radius 3 is 1.17 bits per heavy atom. The first-order valence-corrected chi connectivity index (χ1v) is 16.0. The van der Waals surface area contributed by atoms with Crippen molar-refractivity contribution in [1.29, 1.82) is 0 Å². The molecular weight excluding hydrogens is 384 g/mol. The van der Waals surface area contributed by atoms with E-state index in [-0.39, 0.29) is 0 Å². The molecule has 0 saturated carbocycles. The molecule has 0 aliphatic heterocycles. The van der Waals surface area contributed by atoms with Crippen molar-refractivity contribution in [2.75, 3.05) is 13.2 Å². The van der Waals surface area contributed by atoms with E-state index in [1.807, 2.05) is 0 Å². The molecule has 0 N–H and O–H groups in total. The highest BCUT2D eigenvalue weighted by Gasteiger charge is 2.26. The van der Waals surface area contributed by atoms with Gasteiger partial charge in [-0.3, -0.25) is 0 Å². The molecule has 0 aliphatic rings. The van der Waals surface area contributed by atoms with Crippen molar-refractivity contribution in [3.05, 3.63) is 11.8 Å². The molecule has 0 saturated heterocycles. The Morgan fingerprint density at radius 1 is 0.500 bits per heavy atom. The van der Waals surface area contributed by atoms with E-state index < -0.39 is 8.56 Å². The maximum atomic E-state index is 5.84. The largest absolute Gasteiger partial charge is 0.392 e. The average Bonchev–Trinajstić information content (AvgIpc) is 2.72. The molecule has 0 spiro atoms. The van der Waals surface area contributed by atoms with E-state index in [9.17, 15) is 0 Å². The van der Waals surface area contributed by atoms with Gasteiger partial charge in [-0.15, -0.1) is 0 Å². The zero-order valence-electron chi connectivity index (χ0n) is 21.3. The Balaban J connectivity index is 3.29. The van der Waals surface area contributed by atoms with Crippen molar-refractivity contribution in [1.82, 2.24) is 0 Å². The standard InChI is InChI=1S/C27H56O2Si/c1-5-8-9-10-11-12-13-14-15-16-17-18-19-20-21-22-23-24-25-26-27-30(4,28-6-2)29-7-3/h26-27H,5-25H2,1-4H3. The Kier molecular flexibility index (Phi) is 23.4. The van der Waals surface area contributed by atoms with Crippen molar-refractivity contribution >= 4 is 8.56 Å². The van der Waals surface area contributed by atoms with Crippen LogP contribution in [-0.2, 0) is 8.85 Å². The van der Waals surface area contributed by atoms with Crippen LogP contribution in [-0.4, -0.2) is 21.8 Å². The van der Waals surface area contributed by atoms with Gasteiger partial charge in [0.15, 0.2) is 0 Å². The molecule has 0 aromatic carbocycles. The van der Waals surface area contributed by atoms with E-state index in [0.29, 0.717) is 0 Å². The highest BCUT2D eigenvalue weighted by Crippen LogP contribution is 2.15. The van der Waals surface area contributed by atoms with Crippen LogP contribution in [0.15, 0.2) is 11.8 Å². The van der Waals surface area contributed by atoms with E-state index in [2.05, 4.69) is 39.1 Å². The van der Waals surface area contributed by atoms with Crippen LogP contribution in [0.4, 0.5) is 0 Å². The molecule has 180 valence electrons.